The van der Waals surface area contributed by atoms with Crippen molar-refractivity contribution < 1.29 is 24.7 Å². The Balaban J connectivity index is 2.13. The summed E-state index contributed by atoms with van der Waals surface area (Å²) in [7, 11) is 0. The number of amides is 2. The van der Waals surface area contributed by atoms with Crippen molar-refractivity contribution in [3.63, 3.8) is 0 Å². The Morgan fingerprint density at radius 2 is 1.58 bits per heavy atom. The third-order valence-corrected chi connectivity index (χ3v) is 4.12. The van der Waals surface area contributed by atoms with Crippen molar-refractivity contribution in [1.82, 2.24) is 10.8 Å². The minimum Gasteiger partial charge on any atom is -0.481 e. The van der Waals surface area contributed by atoms with Crippen molar-refractivity contribution in [3.05, 3.63) is 35.9 Å². The molecule has 4 N–H and O–H groups in total. The molecule has 0 spiro atoms. The molecule has 1 aromatic carbocycles. The number of carbonyl (C=O) groups excluding carboxylic acids is 2. The van der Waals surface area contributed by atoms with Gasteiger partial charge in [-0.15, -0.1) is 0 Å². The Morgan fingerprint density at radius 3 is 2.23 bits per heavy atom. The quantitative estimate of drug-likeness (QED) is 0.244. The van der Waals surface area contributed by atoms with Gasteiger partial charge in [0, 0.05) is 12.8 Å². The van der Waals surface area contributed by atoms with E-state index in [1.54, 1.807) is 0 Å². The number of nitrogens with one attached hydrogen (secondary N) is 2. The fourth-order valence-corrected chi connectivity index (χ4v) is 2.67. The highest BCUT2D eigenvalue weighted by molar-refractivity contribution is 5.87. The first-order valence-corrected chi connectivity index (χ1v) is 9.02. The zero-order chi connectivity index (χ0) is 19.2. The molecule has 7 heteroatoms. The number of hydrogen-bond acceptors (Lipinski definition) is 4. The highest BCUT2D eigenvalue weighted by Gasteiger charge is 2.21. The van der Waals surface area contributed by atoms with Crippen LogP contribution >= 0.6 is 0 Å². The minimum atomic E-state index is -1.06. The molecule has 1 atom stereocenters. The summed E-state index contributed by atoms with van der Waals surface area (Å²) in [4.78, 5) is 33.9. The molecule has 0 unspecified atom stereocenters. The van der Waals surface area contributed by atoms with Crippen LogP contribution < -0.4 is 10.8 Å². The molecule has 0 aromatic heterocycles. The number of unbranched alkanes of at least 4 members (excludes halogenated alkanes) is 4. The van der Waals surface area contributed by atoms with E-state index in [4.69, 9.17) is 10.3 Å². The Labute approximate surface area is 153 Å². The molecule has 26 heavy (non-hydrogen) atoms. The van der Waals surface area contributed by atoms with Crippen LogP contribution in [0.25, 0.3) is 0 Å². The van der Waals surface area contributed by atoms with Gasteiger partial charge in [-0.3, -0.25) is 19.6 Å². The molecule has 0 aliphatic heterocycles. The Morgan fingerprint density at radius 1 is 0.923 bits per heavy atom. The van der Waals surface area contributed by atoms with Gasteiger partial charge in [0.1, 0.15) is 6.04 Å². The molecule has 0 aliphatic carbocycles. The lowest BCUT2D eigenvalue weighted by molar-refractivity contribution is -0.139. The molecule has 0 saturated heterocycles. The summed E-state index contributed by atoms with van der Waals surface area (Å²) < 4.78 is 0. The van der Waals surface area contributed by atoms with Crippen LogP contribution in [0.2, 0.25) is 0 Å². The molecule has 144 valence electrons. The summed E-state index contributed by atoms with van der Waals surface area (Å²) in [5.74, 6) is -2.18. The monoisotopic (exact) mass is 364 g/mol. The van der Waals surface area contributed by atoms with Gasteiger partial charge in [-0.05, 0) is 31.2 Å². The molecule has 1 aromatic rings. The first-order chi connectivity index (χ1) is 12.5. The lowest BCUT2D eigenvalue weighted by atomic mass is 10.0. The molecule has 0 bridgehead atoms. The Kier molecular flexibility index (Phi) is 10.7. The molecule has 7 nitrogen and oxygen atoms in total. The van der Waals surface area contributed by atoms with Crippen molar-refractivity contribution in [3.8, 4) is 0 Å². The Bertz CT molecular complexity index is 562. The maximum absolute atomic E-state index is 11.9. The van der Waals surface area contributed by atoms with Crippen LogP contribution in [0.1, 0.15) is 56.9 Å². The van der Waals surface area contributed by atoms with E-state index in [1.807, 2.05) is 18.2 Å². The molecular weight excluding hydrogens is 336 g/mol. The maximum Gasteiger partial charge on any atom is 0.303 e. The van der Waals surface area contributed by atoms with Crippen molar-refractivity contribution in [2.45, 2.75) is 63.8 Å². The van der Waals surface area contributed by atoms with Gasteiger partial charge in [-0.25, -0.2) is 5.48 Å². The standard InChI is InChI=1S/C19H28N2O5/c22-17(20-16(19(25)21-26)13-14-18(23)24)12-8-3-1-2-5-9-15-10-6-4-7-11-15/h4,6-7,10-11,16,26H,1-3,5,8-9,12-14H2,(H,20,22)(H,21,25)(H,23,24)/t16-/m1/s1. The Hall–Kier alpha value is -2.41. The number of rotatable bonds is 13. The summed E-state index contributed by atoms with van der Waals surface area (Å²) in [5, 5.41) is 19.8. The molecular formula is C19H28N2O5. The summed E-state index contributed by atoms with van der Waals surface area (Å²) >= 11 is 0. The normalized spacial score (nSPS) is 11.6. The van der Waals surface area contributed by atoms with Crippen LogP contribution in [0.15, 0.2) is 30.3 Å². The molecule has 0 fully saturated rings. The zero-order valence-electron chi connectivity index (χ0n) is 14.9. The summed E-state index contributed by atoms with van der Waals surface area (Å²) in [6.45, 7) is 0. The molecule has 0 radical (unpaired) electrons. The van der Waals surface area contributed by atoms with Gasteiger partial charge in [0.15, 0.2) is 0 Å². The number of carboxylic acids is 1. The highest BCUT2D eigenvalue weighted by Crippen LogP contribution is 2.10. The van der Waals surface area contributed by atoms with Crippen LogP contribution in [-0.4, -0.2) is 34.1 Å². The first-order valence-electron chi connectivity index (χ1n) is 9.02. The number of carbonyl (C=O) groups is 3. The summed E-state index contributed by atoms with van der Waals surface area (Å²) in [6, 6.07) is 9.28. The van der Waals surface area contributed by atoms with E-state index in [-0.39, 0.29) is 25.2 Å². The topological polar surface area (TPSA) is 116 Å². The minimum absolute atomic E-state index is 0.0625. The molecule has 0 aliphatic rings. The van der Waals surface area contributed by atoms with Gasteiger partial charge in [0.2, 0.25) is 5.91 Å². The summed E-state index contributed by atoms with van der Waals surface area (Å²) in [5.41, 5.74) is 2.79. The van der Waals surface area contributed by atoms with Crippen molar-refractivity contribution >= 4 is 17.8 Å². The molecule has 0 heterocycles. The number of aliphatic carboxylic acids is 1. The maximum atomic E-state index is 11.9. The van der Waals surface area contributed by atoms with Crippen LogP contribution in [0.3, 0.4) is 0 Å². The van der Waals surface area contributed by atoms with Gasteiger partial charge < -0.3 is 10.4 Å². The third kappa shape index (κ3) is 9.78. The van der Waals surface area contributed by atoms with Crippen molar-refractivity contribution in [2.24, 2.45) is 0 Å². The van der Waals surface area contributed by atoms with E-state index < -0.39 is 17.9 Å². The zero-order valence-corrected chi connectivity index (χ0v) is 14.9. The number of carboxylic acid groups (broad SMARTS) is 1. The third-order valence-electron chi connectivity index (χ3n) is 4.12. The number of aryl methyl sites for hydroxylation is 1. The lowest BCUT2D eigenvalue weighted by Gasteiger charge is -2.15. The number of benzene rings is 1. The van der Waals surface area contributed by atoms with E-state index in [1.165, 1.54) is 11.0 Å². The van der Waals surface area contributed by atoms with Gasteiger partial charge >= 0.3 is 5.97 Å². The van der Waals surface area contributed by atoms with Crippen molar-refractivity contribution in [2.75, 3.05) is 0 Å². The van der Waals surface area contributed by atoms with E-state index in [0.717, 1.165) is 32.1 Å². The van der Waals surface area contributed by atoms with Crippen LogP contribution in [0.5, 0.6) is 0 Å². The van der Waals surface area contributed by atoms with E-state index >= 15 is 0 Å². The second-order valence-corrected chi connectivity index (χ2v) is 6.28. The van der Waals surface area contributed by atoms with Gasteiger partial charge in [0.25, 0.3) is 5.91 Å². The van der Waals surface area contributed by atoms with Gasteiger partial charge in [0.05, 0.1) is 0 Å². The highest BCUT2D eigenvalue weighted by atomic mass is 16.5. The predicted octanol–water partition coefficient (Wildman–Crippen LogP) is 2.42. The van der Waals surface area contributed by atoms with Gasteiger partial charge in [-0.1, -0.05) is 49.6 Å². The molecule has 1 rings (SSSR count). The SMILES string of the molecule is O=C(O)CC[C@@H](NC(=O)CCCCCCCc1ccccc1)C(=O)NO. The predicted molar refractivity (Wildman–Crippen MR) is 96.6 cm³/mol. The number of hydroxylamine groups is 1. The fraction of sp³-hybridized carbons (Fsp3) is 0.526. The largest absolute Gasteiger partial charge is 0.481 e. The lowest BCUT2D eigenvalue weighted by Crippen LogP contribution is -2.46. The first kappa shape index (κ1) is 21.6. The van der Waals surface area contributed by atoms with Crippen LogP contribution in [0, 0.1) is 0 Å². The van der Waals surface area contributed by atoms with Crippen LogP contribution in [-0.2, 0) is 20.8 Å². The van der Waals surface area contributed by atoms with E-state index in [2.05, 4.69) is 17.4 Å². The average molecular weight is 364 g/mol. The van der Waals surface area contributed by atoms with E-state index in [9.17, 15) is 14.4 Å². The second kappa shape index (κ2) is 12.9. The average Bonchev–Trinajstić information content (AvgIpc) is 2.64. The summed E-state index contributed by atoms with van der Waals surface area (Å²) in [6.07, 6.45) is 5.91. The fourth-order valence-electron chi connectivity index (χ4n) is 2.67. The number of hydrogen-bond donors (Lipinski definition) is 4. The molecule has 2 amide bonds. The van der Waals surface area contributed by atoms with Crippen molar-refractivity contribution in [1.29, 1.82) is 0 Å². The van der Waals surface area contributed by atoms with E-state index in [0.29, 0.717) is 6.42 Å². The van der Waals surface area contributed by atoms with Gasteiger partial charge in [-0.2, -0.15) is 0 Å². The smallest absolute Gasteiger partial charge is 0.303 e. The van der Waals surface area contributed by atoms with Crippen LogP contribution in [0.4, 0.5) is 0 Å². The second-order valence-electron chi connectivity index (χ2n) is 6.28. The molecule has 0 saturated carbocycles.